The molecule has 1 aromatic carbocycles. The molecule has 1 heterocycles. The van der Waals surface area contributed by atoms with E-state index in [2.05, 4.69) is 50.9 Å². The zero-order valence-corrected chi connectivity index (χ0v) is 12.9. The SMILES string of the molecule is C=CCO.CCOc1ccc2c(c1)C(C)=CC(C)(C)N2. The molecule has 0 unspecified atom stereocenters. The van der Waals surface area contributed by atoms with Gasteiger partial charge in [-0.25, -0.2) is 0 Å². The van der Waals surface area contributed by atoms with Crippen LogP contribution in [0.4, 0.5) is 5.69 Å². The fraction of sp³-hybridized carbons (Fsp3) is 0.412. The van der Waals surface area contributed by atoms with Gasteiger partial charge in [0.05, 0.1) is 18.8 Å². The van der Waals surface area contributed by atoms with Crippen LogP contribution in [0.5, 0.6) is 5.75 Å². The van der Waals surface area contributed by atoms with Crippen LogP contribution in [0.1, 0.15) is 33.3 Å². The van der Waals surface area contributed by atoms with Crippen molar-refractivity contribution in [2.75, 3.05) is 18.5 Å². The van der Waals surface area contributed by atoms with E-state index in [9.17, 15) is 0 Å². The summed E-state index contributed by atoms with van der Waals surface area (Å²) in [6, 6.07) is 6.22. The molecule has 0 saturated heterocycles. The highest BCUT2D eigenvalue weighted by Gasteiger charge is 2.22. The van der Waals surface area contributed by atoms with Crippen LogP contribution in [0.3, 0.4) is 0 Å². The summed E-state index contributed by atoms with van der Waals surface area (Å²) in [5, 5.41) is 11.3. The van der Waals surface area contributed by atoms with Crippen molar-refractivity contribution in [2.24, 2.45) is 0 Å². The van der Waals surface area contributed by atoms with Gasteiger partial charge in [0, 0.05) is 11.3 Å². The minimum atomic E-state index is 0.0320. The Morgan fingerprint density at radius 2 is 2.05 bits per heavy atom. The molecule has 0 fully saturated rings. The van der Waals surface area contributed by atoms with Crippen molar-refractivity contribution in [2.45, 2.75) is 33.2 Å². The van der Waals surface area contributed by atoms with Gasteiger partial charge in [-0.2, -0.15) is 0 Å². The van der Waals surface area contributed by atoms with Gasteiger partial charge in [-0.3, -0.25) is 0 Å². The number of fused-ring (bicyclic) bond motifs is 1. The van der Waals surface area contributed by atoms with Gasteiger partial charge in [-0.1, -0.05) is 12.2 Å². The van der Waals surface area contributed by atoms with E-state index in [4.69, 9.17) is 9.84 Å². The maximum atomic E-state index is 7.76. The number of hydrogen-bond donors (Lipinski definition) is 2. The Balaban J connectivity index is 0.000000444. The number of aliphatic hydroxyl groups excluding tert-OH is 1. The molecule has 1 aromatic rings. The lowest BCUT2D eigenvalue weighted by atomic mass is 9.91. The summed E-state index contributed by atoms with van der Waals surface area (Å²) in [7, 11) is 0. The van der Waals surface area contributed by atoms with Crippen LogP contribution in [-0.2, 0) is 0 Å². The Morgan fingerprint density at radius 1 is 1.40 bits per heavy atom. The molecular formula is C17H25NO2. The maximum Gasteiger partial charge on any atom is 0.120 e. The molecular weight excluding hydrogens is 250 g/mol. The molecule has 0 atom stereocenters. The van der Waals surface area contributed by atoms with E-state index in [1.54, 1.807) is 0 Å². The minimum absolute atomic E-state index is 0.0320. The number of ether oxygens (including phenoxy) is 1. The van der Waals surface area contributed by atoms with E-state index in [1.807, 2.05) is 13.0 Å². The third-order valence-electron chi connectivity index (χ3n) is 2.89. The predicted octanol–water partition coefficient (Wildman–Crippen LogP) is 3.86. The lowest BCUT2D eigenvalue weighted by Crippen LogP contribution is -2.31. The second-order valence-electron chi connectivity index (χ2n) is 5.29. The number of benzene rings is 1. The van der Waals surface area contributed by atoms with Gasteiger partial charge in [-0.05, 0) is 51.5 Å². The third kappa shape index (κ3) is 4.42. The van der Waals surface area contributed by atoms with Gasteiger partial charge >= 0.3 is 0 Å². The Hall–Kier alpha value is -1.74. The van der Waals surface area contributed by atoms with Gasteiger partial charge in [0.15, 0.2) is 0 Å². The van der Waals surface area contributed by atoms with E-state index in [0.29, 0.717) is 6.61 Å². The van der Waals surface area contributed by atoms with E-state index >= 15 is 0 Å². The number of hydrogen-bond acceptors (Lipinski definition) is 3. The molecule has 110 valence electrons. The zero-order chi connectivity index (χ0) is 15.2. The fourth-order valence-electron chi connectivity index (χ4n) is 2.22. The molecule has 0 radical (unpaired) electrons. The van der Waals surface area contributed by atoms with Gasteiger partial charge < -0.3 is 15.2 Å². The lowest BCUT2D eigenvalue weighted by molar-refractivity contribution is 0.340. The van der Waals surface area contributed by atoms with E-state index in [1.165, 1.54) is 22.9 Å². The van der Waals surface area contributed by atoms with Crippen molar-refractivity contribution >= 4 is 11.3 Å². The third-order valence-corrected chi connectivity index (χ3v) is 2.89. The molecule has 0 spiro atoms. The van der Waals surface area contributed by atoms with E-state index in [-0.39, 0.29) is 12.1 Å². The topological polar surface area (TPSA) is 41.5 Å². The molecule has 0 bridgehead atoms. The molecule has 0 saturated carbocycles. The van der Waals surface area contributed by atoms with Crippen LogP contribution in [0, 0.1) is 0 Å². The molecule has 0 amide bonds. The minimum Gasteiger partial charge on any atom is -0.494 e. The average Bonchev–Trinajstić information content (AvgIpc) is 2.39. The van der Waals surface area contributed by atoms with Crippen LogP contribution >= 0.6 is 0 Å². The van der Waals surface area contributed by atoms with E-state index < -0.39 is 0 Å². The largest absolute Gasteiger partial charge is 0.494 e. The molecule has 2 rings (SSSR count). The van der Waals surface area contributed by atoms with Crippen molar-refractivity contribution in [1.82, 2.24) is 0 Å². The maximum absolute atomic E-state index is 7.76. The Labute approximate surface area is 122 Å². The summed E-state index contributed by atoms with van der Waals surface area (Å²) in [6.45, 7) is 12.5. The average molecular weight is 275 g/mol. The number of nitrogens with one attached hydrogen (secondary N) is 1. The normalized spacial score (nSPS) is 14.9. The Morgan fingerprint density at radius 3 is 2.60 bits per heavy atom. The highest BCUT2D eigenvalue weighted by atomic mass is 16.5. The molecule has 1 aliphatic heterocycles. The quantitative estimate of drug-likeness (QED) is 0.823. The molecule has 0 aliphatic carbocycles. The number of anilines is 1. The number of aliphatic hydroxyl groups is 1. The summed E-state index contributed by atoms with van der Waals surface area (Å²) in [5.74, 6) is 0.940. The van der Waals surface area contributed by atoms with E-state index in [0.717, 1.165) is 5.75 Å². The van der Waals surface area contributed by atoms with Gasteiger partial charge in [0.25, 0.3) is 0 Å². The van der Waals surface area contributed by atoms with Gasteiger partial charge in [-0.15, -0.1) is 6.58 Å². The first kappa shape index (κ1) is 16.3. The second-order valence-corrected chi connectivity index (χ2v) is 5.29. The molecule has 3 nitrogen and oxygen atoms in total. The zero-order valence-electron chi connectivity index (χ0n) is 12.9. The smallest absolute Gasteiger partial charge is 0.120 e. The molecule has 1 aliphatic rings. The van der Waals surface area contributed by atoms with Crippen molar-refractivity contribution in [3.05, 3.63) is 42.5 Å². The molecule has 20 heavy (non-hydrogen) atoms. The van der Waals surface area contributed by atoms with Crippen LogP contribution < -0.4 is 10.1 Å². The van der Waals surface area contributed by atoms with Crippen LogP contribution in [0.15, 0.2) is 36.9 Å². The number of rotatable bonds is 3. The van der Waals surface area contributed by atoms with Gasteiger partial charge in [0.1, 0.15) is 5.75 Å². The van der Waals surface area contributed by atoms with Gasteiger partial charge in [0.2, 0.25) is 0 Å². The first-order valence-electron chi connectivity index (χ1n) is 6.90. The van der Waals surface area contributed by atoms with Crippen LogP contribution in [0.2, 0.25) is 0 Å². The number of allylic oxidation sites excluding steroid dienone is 1. The van der Waals surface area contributed by atoms with Crippen molar-refractivity contribution in [1.29, 1.82) is 0 Å². The first-order valence-corrected chi connectivity index (χ1v) is 6.90. The van der Waals surface area contributed by atoms with Crippen molar-refractivity contribution < 1.29 is 9.84 Å². The first-order chi connectivity index (χ1) is 9.43. The van der Waals surface area contributed by atoms with Crippen molar-refractivity contribution in [3.8, 4) is 5.75 Å². The summed E-state index contributed by atoms with van der Waals surface area (Å²) in [6.07, 6.45) is 3.69. The highest BCUT2D eigenvalue weighted by molar-refractivity contribution is 5.80. The van der Waals surface area contributed by atoms with Crippen LogP contribution in [0.25, 0.3) is 5.57 Å². The fourth-order valence-corrected chi connectivity index (χ4v) is 2.22. The summed E-state index contributed by atoms with van der Waals surface area (Å²) in [5.41, 5.74) is 3.77. The summed E-state index contributed by atoms with van der Waals surface area (Å²) in [4.78, 5) is 0. The predicted molar refractivity (Wildman–Crippen MR) is 86.2 cm³/mol. The Kier molecular flexibility index (Phi) is 5.83. The molecule has 0 aromatic heterocycles. The van der Waals surface area contributed by atoms with Crippen molar-refractivity contribution in [3.63, 3.8) is 0 Å². The summed E-state index contributed by atoms with van der Waals surface area (Å²) < 4.78 is 5.52. The van der Waals surface area contributed by atoms with Crippen LogP contribution in [-0.4, -0.2) is 23.9 Å². The molecule has 2 N–H and O–H groups in total. The highest BCUT2D eigenvalue weighted by Crippen LogP contribution is 2.35. The standard InChI is InChI=1S/C14H19NO.C3H6O/c1-5-16-11-6-7-13-12(8-11)10(2)9-14(3,4)15-13;1-2-3-4/h6-9,15H,5H2,1-4H3;2,4H,1,3H2. The Bertz CT molecular complexity index is 490. The summed E-state index contributed by atoms with van der Waals surface area (Å²) >= 11 is 0. The lowest BCUT2D eigenvalue weighted by Gasteiger charge is -2.31. The molecule has 3 heteroatoms. The monoisotopic (exact) mass is 275 g/mol. The second kappa shape index (κ2) is 7.15.